The van der Waals surface area contributed by atoms with Gasteiger partial charge < -0.3 is 14.5 Å². The largest absolute Gasteiger partial charge is 0.494 e. The number of ether oxygens (including phenoxy) is 1. The number of piperazine rings is 1. The van der Waals surface area contributed by atoms with Gasteiger partial charge in [-0.3, -0.25) is 4.79 Å². The van der Waals surface area contributed by atoms with Crippen molar-refractivity contribution in [3.8, 4) is 5.75 Å². The molecular weight excluding hydrogens is 458 g/mol. The maximum absolute atomic E-state index is 12.8. The first-order valence-corrected chi connectivity index (χ1v) is 13.4. The van der Waals surface area contributed by atoms with Crippen LogP contribution >= 0.6 is 11.3 Å². The Bertz CT molecular complexity index is 1260. The van der Waals surface area contributed by atoms with Gasteiger partial charge >= 0.3 is 0 Å². The summed E-state index contributed by atoms with van der Waals surface area (Å²) in [6.45, 7) is 8.11. The van der Waals surface area contributed by atoms with E-state index in [-0.39, 0.29) is 12.3 Å². The maximum Gasteiger partial charge on any atom is 0.227 e. The Morgan fingerprint density at radius 1 is 1.09 bits per heavy atom. The molecule has 0 aliphatic carbocycles. The second-order valence-corrected chi connectivity index (χ2v) is 12.0. The molecule has 1 aliphatic rings. The van der Waals surface area contributed by atoms with Crippen molar-refractivity contribution in [2.75, 3.05) is 38.2 Å². The number of nitrogens with zero attached hydrogens (tertiary/aromatic N) is 3. The van der Waals surface area contributed by atoms with E-state index in [9.17, 15) is 13.2 Å². The van der Waals surface area contributed by atoms with E-state index in [4.69, 9.17) is 9.72 Å². The van der Waals surface area contributed by atoms with E-state index < -0.39 is 15.1 Å². The van der Waals surface area contributed by atoms with Crippen LogP contribution < -0.4 is 9.64 Å². The van der Waals surface area contributed by atoms with Crippen molar-refractivity contribution in [2.45, 2.75) is 37.3 Å². The van der Waals surface area contributed by atoms with Crippen LogP contribution in [0.3, 0.4) is 0 Å². The summed E-state index contributed by atoms with van der Waals surface area (Å²) in [4.78, 5) is 22.0. The number of thiazole rings is 1. The monoisotopic (exact) mass is 487 g/mol. The van der Waals surface area contributed by atoms with E-state index in [0.29, 0.717) is 18.0 Å². The van der Waals surface area contributed by atoms with Crippen molar-refractivity contribution in [1.29, 1.82) is 0 Å². The molecule has 0 spiro atoms. The number of fused-ring (bicyclic) bond motifs is 1. The molecule has 1 saturated heterocycles. The van der Waals surface area contributed by atoms with E-state index in [2.05, 4.69) is 11.8 Å². The molecule has 176 valence electrons. The SMILES string of the molecule is COc1ccc(C)c2sc(N3CCN(C(=O)Cc4ccc(S(=O)(=O)C(C)C)cc4)CC3)nc12. The topological polar surface area (TPSA) is 79.8 Å². The quantitative estimate of drug-likeness (QED) is 0.528. The molecule has 0 N–H and O–H groups in total. The Morgan fingerprint density at radius 2 is 1.76 bits per heavy atom. The highest BCUT2D eigenvalue weighted by Crippen LogP contribution is 2.36. The molecule has 1 aliphatic heterocycles. The van der Waals surface area contributed by atoms with E-state index in [1.165, 1.54) is 5.56 Å². The Balaban J connectivity index is 1.39. The van der Waals surface area contributed by atoms with Crippen LogP contribution in [0.15, 0.2) is 41.3 Å². The summed E-state index contributed by atoms with van der Waals surface area (Å²) in [5, 5.41) is 0.480. The summed E-state index contributed by atoms with van der Waals surface area (Å²) in [6.07, 6.45) is 0.263. The fraction of sp³-hybridized carbons (Fsp3) is 0.417. The minimum absolute atomic E-state index is 0.0518. The molecule has 0 saturated carbocycles. The predicted molar refractivity (Wildman–Crippen MR) is 132 cm³/mol. The van der Waals surface area contributed by atoms with Gasteiger partial charge in [0.05, 0.1) is 28.4 Å². The van der Waals surface area contributed by atoms with Crippen LogP contribution in [0.1, 0.15) is 25.0 Å². The van der Waals surface area contributed by atoms with Gasteiger partial charge in [-0.25, -0.2) is 13.4 Å². The van der Waals surface area contributed by atoms with Crippen LogP contribution in [-0.2, 0) is 21.1 Å². The Morgan fingerprint density at radius 3 is 2.36 bits per heavy atom. The molecule has 33 heavy (non-hydrogen) atoms. The average molecular weight is 488 g/mol. The van der Waals surface area contributed by atoms with Gasteiger partial charge in [0.25, 0.3) is 0 Å². The predicted octanol–water partition coefficient (Wildman–Crippen LogP) is 3.69. The van der Waals surface area contributed by atoms with Crippen molar-refractivity contribution in [3.05, 3.63) is 47.5 Å². The van der Waals surface area contributed by atoms with Crippen molar-refractivity contribution in [2.24, 2.45) is 0 Å². The van der Waals surface area contributed by atoms with Gasteiger partial charge in [-0.05, 0) is 50.1 Å². The zero-order valence-electron chi connectivity index (χ0n) is 19.4. The molecule has 1 amide bonds. The molecule has 0 atom stereocenters. The van der Waals surface area contributed by atoms with Gasteiger partial charge in [-0.15, -0.1) is 0 Å². The molecule has 1 fully saturated rings. The van der Waals surface area contributed by atoms with Gasteiger partial charge in [0.15, 0.2) is 15.0 Å². The molecule has 2 aromatic carbocycles. The number of benzene rings is 2. The summed E-state index contributed by atoms with van der Waals surface area (Å²) in [7, 11) is -1.65. The van der Waals surface area contributed by atoms with Gasteiger partial charge in [0, 0.05) is 26.2 Å². The Kier molecular flexibility index (Phi) is 6.63. The first-order chi connectivity index (χ1) is 15.7. The van der Waals surface area contributed by atoms with E-state index in [1.54, 1.807) is 56.6 Å². The maximum atomic E-state index is 12.8. The lowest BCUT2D eigenvalue weighted by Crippen LogP contribution is -2.49. The number of aromatic nitrogens is 1. The van der Waals surface area contributed by atoms with Crippen molar-refractivity contribution in [1.82, 2.24) is 9.88 Å². The zero-order valence-corrected chi connectivity index (χ0v) is 21.0. The van der Waals surface area contributed by atoms with E-state index in [0.717, 1.165) is 39.8 Å². The number of rotatable bonds is 6. The third-order valence-corrected chi connectivity index (χ3v) is 9.46. The second-order valence-electron chi connectivity index (χ2n) is 8.54. The highest BCUT2D eigenvalue weighted by molar-refractivity contribution is 7.92. The van der Waals surface area contributed by atoms with Gasteiger partial charge in [-0.1, -0.05) is 29.5 Å². The molecule has 0 bridgehead atoms. The second kappa shape index (κ2) is 9.30. The summed E-state index contributed by atoms with van der Waals surface area (Å²) < 4.78 is 31.2. The Labute approximate surface area is 198 Å². The van der Waals surface area contributed by atoms with Crippen LogP contribution in [0.4, 0.5) is 5.13 Å². The minimum Gasteiger partial charge on any atom is -0.494 e. The minimum atomic E-state index is -3.31. The lowest BCUT2D eigenvalue weighted by molar-refractivity contribution is -0.130. The molecular formula is C24H29N3O4S2. The summed E-state index contributed by atoms with van der Waals surface area (Å²) in [6, 6.07) is 10.7. The molecule has 2 heterocycles. The number of sulfone groups is 1. The first kappa shape index (κ1) is 23.5. The molecule has 4 rings (SSSR count). The van der Waals surface area contributed by atoms with Gasteiger partial charge in [-0.2, -0.15) is 0 Å². The van der Waals surface area contributed by atoms with Gasteiger partial charge in [0.1, 0.15) is 11.3 Å². The van der Waals surface area contributed by atoms with Crippen LogP contribution in [0.5, 0.6) is 5.75 Å². The molecule has 9 heteroatoms. The number of hydrogen-bond donors (Lipinski definition) is 0. The average Bonchev–Trinajstić information content (AvgIpc) is 3.26. The number of aryl methyl sites for hydroxylation is 1. The number of carbonyl (C=O) groups excluding carboxylic acids is 1. The van der Waals surface area contributed by atoms with Crippen LogP contribution in [-0.4, -0.2) is 62.7 Å². The lowest BCUT2D eigenvalue weighted by Gasteiger charge is -2.34. The zero-order chi connectivity index (χ0) is 23.8. The normalized spacial score (nSPS) is 14.8. The molecule has 0 radical (unpaired) electrons. The fourth-order valence-electron chi connectivity index (χ4n) is 3.90. The van der Waals surface area contributed by atoms with E-state index in [1.807, 2.05) is 17.0 Å². The number of methoxy groups -OCH3 is 1. The Hall–Kier alpha value is -2.65. The summed E-state index contributed by atoms with van der Waals surface area (Å²) >= 11 is 1.66. The highest BCUT2D eigenvalue weighted by Gasteiger charge is 2.24. The van der Waals surface area contributed by atoms with E-state index >= 15 is 0 Å². The molecule has 3 aromatic rings. The fourth-order valence-corrected chi connectivity index (χ4v) is 6.06. The third kappa shape index (κ3) is 4.70. The summed E-state index contributed by atoms with van der Waals surface area (Å²) in [5.74, 6) is 0.829. The van der Waals surface area contributed by atoms with Crippen LogP contribution in [0.25, 0.3) is 10.2 Å². The highest BCUT2D eigenvalue weighted by atomic mass is 32.2. The molecule has 7 nitrogen and oxygen atoms in total. The third-order valence-electron chi connectivity index (χ3n) is 6.04. The number of carbonyl (C=O) groups is 1. The van der Waals surface area contributed by atoms with Crippen molar-refractivity contribution < 1.29 is 17.9 Å². The smallest absolute Gasteiger partial charge is 0.227 e. The van der Waals surface area contributed by atoms with Crippen molar-refractivity contribution >= 4 is 42.4 Å². The molecule has 0 unspecified atom stereocenters. The number of amides is 1. The van der Waals surface area contributed by atoms with Gasteiger partial charge in [0.2, 0.25) is 5.91 Å². The number of anilines is 1. The standard InChI is InChI=1S/C24H29N3O4S2/c1-16(2)33(29,30)19-8-6-18(7-9-19)15-21(28)26-11-13-27(14-12-26)24-25-22-20(31-4)10-5-17(3)23(22)32-24/h5-10,16H,11-15H2,1-4H3. The van der Waals surface area contributed by atoms with Crippen LogP contribution in [0, 0.1) is 6.92 Å². The lowest BCUT2D eigenvalue weighted by atomic mass is 10.1. The summed E-state index contributed by atoms with van der Waals surface area (Å²) in [5.41, 5.74) is 2.88. The van der Waals surface area contributed by atoms with Crippen LogP contribution in [0.2, 0.25) is 0 Å². The van der Waals surface area contributed by atoms with Crippen molar-refractivity contribution in [3.63, 3.8) is 0 Å². The number of hydrogen-bond acceptors (Lipinski definition) is 7. The first-order valence-electron chi connectivity index (χ1n) is 11.0. The molecule has 1 aromatic heterocycles.